The van der Waals surface area contributed by atoms with Crippen molar-refractivity contribution >= 4 is 5.91 Å². The second-order valence-electron chi connectivity index (χ2n) is 7.85. The van der Waals surface area contributed by atoms with E-state index in [9.17, 15) is 4.79 Å². The molecule has 142 valence electrons. The molecular formula is C21H25N3O3. The summed E-state index contributed by atoms with van der Waals surface area (Å²) >= 11 is 0. The number of nitrogens with zero attached hydrogens (tertiary/aromatic N) is 3. The molecule has 1 aliphatic carbocycles. The maximum Gasteiger partial charge on any atom is 0.292 e. The maximum atomic E-state index is 12.8. The summed E-state index contributed by atoms with van der Waals surface area (Å²) in [6, 6.07) is 8.36. The van der Waals surface area contributed by atoms with Gasteiger partial charge >= 0.3 is 0 Å². The summed E-state index contributed by atoms with van der Waals surface area (Å²) in [6.07, 6.45) is 4.30. The van der Waals surface area contributed by atoms with Gasteiger partial charge in [0, 0.05) is 51.1 Å². The van der Waals surface area contributed by atoms with Crippen molar-refractivity contribution in [2.24, 2.45) is 0 Å². The minimum absolute atomic E-state index is 0.0223. The van der Waals surface area contributed by atoms with Gasteiger partial charge in [0.25, 0.3) is 5.91 Å². The normalized spacial score (nSPS) is 20.2. The van der Waals surface area contributed by atoms with E-state index < -0.39 is 0 Å². The number of hydrogen-bond acceptors (Lipinski definition) is 5. The lowest BCUT2D eigenvalue weighted by molar-refractivity contribution is 0.0719. The molecule has 1 aromatic carbocycles. The Balaban J connectivity index is 1.20. The molecule has 0 bridgehead atoms. The number of carbonyl (C=O) groups is 1. The van der Waals surface area contributed by atoms with Crippen LogP contribution in [-0.2, 0) is 13.0 Å². The molecule has 1 saturated heterocycles. The van der Waals surface area contributed by atoms with Crippen molar-refractivity contribution in [2.75, 3.05) is 32.8 Å². The molecule has 2 fully saturated rings. The van der Waals surface area contributed by atoms with Crippen molar-refractivity contribution < 1.29 is 14.1 Å². The van der Waals surface area contributed by atoms with Crippen LogP contribution in [0.5, 0.6) is 5.75 Å². The van der Waals surface area contributed by atoms with Crippen molar-refractivity contribution in [1.82, 2.24) is 15.0 Å². The Morgan fingerprint density at radius 3 is 2.96 bits per heavy atom. The number of ether oxygens (including phenoxy) is 1. The first kappa shape index (κ1) is 16.8. The van der Waals surface area contributed by atoms with E-state index in [-0.39, 0.29) is 5.91 Å². The van der Waals surface area contributed by atoms with Crippen molar-refractivity contribution in [3.63, 3.8) is 0 Å². The van der Waals surface area contributed by atoms with Gasteiger partial charge in [0.1, 0.15) is 5.75 Å². The highest BCUT2D eigenvalue weighted by atomic mass is 16.5. The van der Waals surface area contributed by atoms with Crippen LogP contribution in [0.3, 0.4) is 0 Å². The molecule has 0 radical (unpaired) electrons. The average Bonchev–Trinajstić information content (AvgIpc) is 3.30. The molecule has 5 rings (SSSR count). The molecule has 1 aromatic heterocycles. The van der Waals surface area contributed by atoms with Crippen LogP contribution in [0.2, 0.25) is 0 Å². The molecule has 6 heteroatoms. The standard InChI is InChI=1S/C21H25N3O3/c25-21(20-13-18(22-27-20)16-3-4-16)24-8-1-7-23(9-10-24)14-15-2-5-19-17(12-15)6-11-26-19/h2,5,12-13,16H,1,3-4,6-11,14H2. The Bertz CT molecular complexity index is 843. The van der Waals surface area contributed by atoms with Gasteiger partial charge in [-0.1, -0.05) is 17.3 Å². The van der Waals surface area contributed by atoms with Crippen LogP contribution in [0.4, 0.5) is 0 Å². The number of carbonyl (C=O) groups excluding carboxylic acids is 1. The van der Waals surface area contributed by atoms with Gasteiger partial charge in [-0.05, 0) is 36.5 Å². The first-order valence-corrected chi connectivity index (χ1v) is 9.99. The molecule has 0 atom stereocenters. The van der Waals surface area contributed by atoms with Crippen LogP contribution < -0.4 is 4.74 Å². The van der Waals surface area contributed by atoms with E-state index in [2.05, 4.69) is 28.3 Å². The minimum Gasteiger partial charge on any atom is -0.493 e. The maximum absolute atomic E-state index is 12.8. The first-order chi connectivity index (χ1) is 13.3. The molecule has 0 spiro atoms. The fourth-order valence-corrected chi connectivity index (χ4v) is 4.05. The van der Waals surface area contributed by atoms with Gasteiger partial charge in [0.05, 0.1) is 12.3 Å². The third-order valence-electron chi connectivity index (χ3n) is 5.77. The molecule has 0 N–H and O–H groups in total. The largest absolute Gasteiger partial charge is 0.493 e. The second kappa shape index (κ2) is 7.00. The topological polar surface area (TPSA) is 58.8 Å². The van der Waals surface area contributed by atoms with Crippen LogP contribution in [-0.4, -0.2) is 53.6 Å². The second-order valence-corrected chi connectivity index (χ2v) is 7.85. The smallest absolute Gasteiger partial charge is 0.292 e. The van der Waals surface area contributed by atoms with E-state index in [1.54, 1.807) is 0 Å². The summed E-state index contributed by atoms with van der Waals surface area (Å²) in [5.41, 5.74) is 3.58. The average molecular weight is 367 g/mol. The Kier molecular flexibility index (Phi) is 4.36. The molecule has 1 saturated carbocycles. The fourth-order valence-electron chi connectivity index (χ4n) is 4.05. The van der Waals surface area contributed by atoms with Crippen molar-refractivity contribution in [1.29, 1.82) is 0 Å². The van der Waals surface area contributed by atoms with Gasteiger partial charge in [-0.2, -0.15) is 0 Å². The van der Waals surface area contributed by atoms with Crippen molar-refractivity contribution in [2.45, 2.75) is 38.1 Å². The molecule has 0 unspecified atom stereocenters. The molecular weight excluding hydrogens is 342 g/mol. The van der Waals surface area contributed by atoms with Gasteiger partial charge in [-0.3, -0.25) is 9.69 Å². The Labute approximate surface area is 159 Å². The zero-order valence-electron chi connectivity index (χ0n) is 15.5. The van der Waals surface area contributed by atoms with Crippen LogP contribution in [0.15, 0.2) is 28.8 Å². The zero-order valence-corrected chi connectivity index (χ0v) is 15.5. The summed E-state index contributed by atoms with van der Waals surface area (Å²) in [5.74, 6) is 1.91. The van der Waals surface area contributed by atoms with E-state index in [0.29, 0.717) is 11.7 Å². The lowest BCUT2D eigenvalue weighted by atomic mass is 10.1. The molecule has 1 amide bonds. The van der Waals surface area contributed by atoms with Crippen LogP contribution in [0, 0.1) is 0 Å². The highest BCUT2D eigenvalue weighted by molar-refractivity contribution is 5.91. The van der Waals surface area contributed by atoms with E-state index >= 15 is 0 Å². The number of benzene rings is 1. The van der Waals surface area contributed by atoms with Crippen LogP contribution in [0.1, 0.15) is 52.6 Å². The predicted octanol–water partition coefficient (Wildman–Crippen LogP) is 2.84. The highest BCUT2D eigenvalue weighted by Gasteiger charge is 2.30. The molecule has 2 aromatic rings. The number of hydrogen-bond donors (Lipinski definition) is 0. The Morgan fingerprint density at radius 2 is 2.07 bits per heavy atom. The first-order valence-electron chi connectivity index (χ1n) is 9.99. The van der Waals surface area contributed by atoms with Crippen molar-refractivity contribution in [3.8, 4) is 5.75 Å². The minimum atomic E-state index is -0.0223. The highest BCUT2D eigenvalue weighted by Crippen LogP contribution is 2.39. The Morgan fingerprint density at radius 1 is 1.15 bits per heavy atom. The molecule has 3 aliphatic rings. The Hall–Kier alpha value is -2.34. The summed E-state index contributed by atoms with van der Waals surface area (Å²) in [7, 11) is 0. The monoisotopic (exact) mass is 367 g/mol. The predicted molar refractivity (Wildman–Crippen MR) is 99.9 cm³/mol. The zero-order chi connectivity index (χ0) is 18.2. The van der Waals surface area contributed by atoms with Crippen molar-refractivity contribution in [3.05, 3.63) is 46.8 Å². The summed E-state index contributed by atoms with van der Waals surface area (Å²) in [4.78, 5) is 17.1. The van der Waals surface area contributed by atoms with E-state index in [0.717, 1.165) is 76.5 Å². The van der Waals surface area contributed by atoms with Gasteiger partial charge in [-0.15, -0.1) is 0 Å². The van der Waals surface area contributed by atoms with E-state index in [1.807, 2.05) is 11.0 Å². The van der Waals surface area contributed by atoms with E-state index in [1.165, 1.54) is 11.1 Å². The van der Waals surface area contributed by atoms with Crippen LogP contribution >= 0.6 is 0 Å². The fraction of sp³-hybridized carbons (Fsp3) is 0.524. The lowest BCUT2D eigenvalue weighted by Crippen LogP contribution is -2.34. The third-order valence-corrected chi connectivity index (χ3v) is 5.77. The number of fused-ring (bicyclic) bond motifs is 1. The summed E-state index contributed by atoms with van der Waals surface area (Å²) in [5, 5.41) is 4.07. The summed E-state index contributed by atoms with van der Waals surface area (Å²) in [6.45, 7) is 5.09. The van der Waals surface area contributed by atoms with Gasteiger partial charge < -0.3 is 14.2 Å². The molecule has 3 heterocycles. The van der Waals surface area contributed by atoms with Gasteiger partial charge in [-0.25, -0.2) is 0 Å². The van der Waals surface area contributed by atoms with Gasteiger partial charge in [0.15, 0.2) is 0 Å². The quantitative estimate of drug-likeness (QED) is 0.832. The van der Waals surface area contributed by atoms with Crippen LogP contribution in [0.25, 0.3) is 0 Å². The third kappa shape index (κ3) is 3.58. The molecule has 27 heavy (non-hydrogen) atoms. The summed E-state index contributed by atoms with van der Waals surface area (Å²) < 4.78 is 10.9. The lowest BCUT2D eigenvalue weighted by Gasteiger charge is -2.21. The van der Waals surface area contributed by atoms with E-state index in [4.69, 9.17) is 9.26 Å². The number of aromatic nitrogens is 1. The molecule has 2 aliphatic heterocycles. The number of rotatable bonds is 4. The SMILES string of the molecule is O=C(c1cc(C2CC2)no1)N1CCCN(Cc2ccc3c(c2)CCO3)CC1. The van der Waals surface area contributed by atoms with Gasteiger partial charge in [0.2, 0.25) is 5.76 Å². The number of amides is 1. The molecule has 6 nitrogen and oxygen atoms in total.